The maximum Gasteiger partial charge on any atom is 0.563 e. The number of benzene rings is 1. The predicted molar refractivity (Wildman–Crippen MR) is 39.5 cm³/mol. The van der Waals surface area contributed by atoms with Crippen LogP contribution >= 0.6 is 0 Å². The molecule has 0 radical (unpaired) electrons. The molecule has 0 fully saturated rings. The summed E-state index contributed by atoms with van der Waals surface area (Å²) in [5.74, 6) is -0.451. The van der Waals surface area contributed by atoms with Crippen LogP contribution < -0.4 is 5.46 Å². The highest BCUT2D eigenvalue weighted by Gasteiger charge is 2.34. The van der Waals surface area contributed by atoms with Crippen molar-refractivity contribution in [3.63, 3.8) is 0 Å². The molecule has 1 aromatic carbocycles. The third kappa shape index (κ3) is 0.833. The Kier molecular flexibility index (Phi) is 1.23. The van der Waals surface area contributed by atoms with Gasteiger partial charge in [-0.2, -0.15) is 0 Å². The molecule has 0 saturated heterocycles. The summed E-state index contributed by atoms with van der Waals surface area (Å²) in [6.45, 7) is 0. The van der Waals surface area contributed by atoms with Crippen LogP contribution in [0.4, 0.5) is 0 Å². The van der Waals surface area contributed by atoms with Gasteiger partial charge in [0.05, 0.1) is 5.56 Å². The summed E-state index contributed by atoms with van der Waals surface area (Å²) in [5.41, 5.74) is 1.01. The lowest BCUT2D eigenvalue weighted by molar-refractivity contribution is 0.0728. The van der Waals surface area contributed by atoms with E-state index in [9.17, 15) is 4.79 Å². The summed E-state index contributed by atoms with van der Waals surface area (Å²) >= 11 is 0. The Balaban J connectivity index is 2.60. The standard InChI is InChI=1S/C7H5BO3/c9-7-5-3-1-2-4-6(5)8(10)11-7/h1-4,10H. The van der Waals surface area contributed by atoms with Crippen LogP contribution in [0.1, 0.15) is 10.4 Å². The second-order valence-electron chi connectivity index (χ2n) is 2.34. The van der Waals surface area contributed by atoms with Gasteiger partial charge in [0, 0.05) is 5.46 Å². The third-order valence-corrected chi connectivity index (χ3v) is 1.67. The molecule has 0 saturated carbocycles. The van der Waals surface area contributed by atoms with Gasteiger partial charge in [-0.3, -0.25) is 0 Å². The van der Waals surface area contributed by atoms with Gasteiger partial charge < -0.3 is 9.68 Å². The average Bonchev–Trinajstić information content (AvgIpc) is 2.30. The fourth-order valence-corrected chi connectivity index (χ4v) is 1.13. The van der Waals surface area contributed by atoms with Gasteiger partial charge in [0.2, 0.25) is 0 Å². The van der Waals surface area contributed by atoms with Crippen molar-refractivity contribution in [1.82, 2.24) is 0 Å². The van der Waals surface area contributed by atoms with E-state index in [0.717, 1.165) is 0 Å². The number of carbonyl (C=O) groups excluding carboxylic acids is 1. The van der Waals surface area contributed by atoms with E-state index in [1.54, 1.807) is 24.3 Å². The van der Waals surface area contributed by atoms with Gasteiger partial charge in [-0.1, -0.05) is 18.2 Å². The van der Waals surface area contributed by atoms with Crippen LogP contribution in [0, 0.1) is 0 Å². The van der Waals surface area contributed by atoms with Crippen molar-refractivity contribution in [2.45, 2.75) is 0 Å². The lowest BCUT2D eigenvalue weighted by atomic mass is 9.80. The monoisotopic (exact) mass is 148 g/mol. The third-order valence-electron chi connectivity index (χ3n) is 1.67. The van der Waals surface area contributed by atoms with Crippen LogP contribution in [-0.4, -0.2) is 18.1 Å². The van der Waals surface area contributed by atoms with Crippen LogP contribution in [0.2, 0.25) is 0 Å². The van der Waals surface area contributed by atoms with Gasteiger partial charge in [-0.05, 0) is 6.07 Å². The molecular weight excluding hydrogens is 143 g/mol. The van der Waals surface area contributed by atoms with E-state index in [1.807, 2.05) is 0 Å². The number of hydrogen-bond acceptors (Lipinski definition) is 3. The molecule has 0 unspecified atom stereocenters. The highest BCUT2D eigenvalue weighted by molar-refractivity contribution is 6.66. The van der Waals surface area contributed by atoms with Crippen molar-refractivity contribution >= 4 is 18.6 Å². The fraction of sp³-hybridized carbons (Fsp3) is 0. The summed E-state index contributed by atoms with van der Waals surface area (Å²) in [6.07, 6.45) is 0. The second kappa shape index (κ2) is 2.10. The Labute approximate surface area is 63.8 Å². The van der Waals surface area contributed by atoms with Crippen LogP contribution in [0.5, 0.6) is 0 Å². The Morgan fingerprint density at radius 2 is 2.09 bits per heavy atom. The first-order chi connectivity index (χ1) is 5.29. The molecular formula is C7H5BO3. The topological polar surface area (TPSA) is 46.5 Å². The van der Waals surface area contributed by atoms with E-state index in [2.05, 4.69) is 4.65 Å². The van der Waals surface area contributed by atoms with Crippen molar-refractivity contribution < 1.29 is 14.5 Å². The molecule has 0 spiro atoms. The van der Waals surface area contributed by atoms with E-state index < -0.39 is 13.1 Å². The number of rotatable bonds is 0. The summed E-state index contributed by atoms with van der Waals surface area (Å²) in [5, 5.41) is 9.11. The number of carbonyl (C=O) groups is 1. The molecule has 1 heterocycles. The first-order valence-corrected chi connectivity index (χ1v) is 3.27. The van der Waals surface area contributed by atoms with Crippen LogP contribution in [0.15, 0.2) is 24.3 Å². The Morgan fingerprint density at radius 3 is 2.82 bits per heavy atom. The highest BCUT2D eigenvalue weighted by atomic mass is 16.6. The molecule has 0 aromatic heterocycles. The quantitative estimate of drug-likeness (QED) is 0.506. The molecule has 54 valence electrons. The average molecular weight is 148 g/mol. The van der Waals surface area contributed by atoms with Crippen molar-refractivity contribution in [3.8, 4) is 0 Å². The molecule has 11 heavy (non-hydrogen) atoms. The largest absolute Gasteiger partial charge is 0.563 e. The zero-order valence-electron chi connectivity index (χ0n) is 5.65. The smallest absolute Gasteiger partial charge is 0.502 e. The molecule has 2 rings (SSSR count). The predicted octanol–water partition coefficient (Wildman–Crippen LogP) is -0.456. The van der Waals surface area contributed by atoms with Gasteiger partial charge in [0.1, 0.15) is 0 Å². The lowest BCUT2D eigenvalue weighted by Gasteiger charge is -1.92. The number of hydrogen-bond donors (Lipinski definition) is 1. The minimum atomic E-state index is -1.07. The van der Waals surface area contributed by atoms with E-state index in [0.29, 0.717) is 11.0 Å². The van der Waals surface area contributed by atoms with E-state index in [1.165, 1.54) is 0 Å². The Hall–Kier alpha value is -1.29. The maximum atomic E-state index is 10.9. The minimum Gasteiger partial charge on any atom is -0.502 e. The van der Waals surface area contributed by atoms with Gasteiger partial charge >= 0.3 is 13.1 Å². The minimum absolute atomic E-state index is 0.451. The second-order valence-corrected chi connectivity index (χ2v) is 2.34. The van der Waals surface area contributed by atoms with Gasteiger partial charge in [-0.15, -0.1) is 0 Å². The van der Waals surface area contributed by atoms with E-state index in [-0.39, 0.29) is 0 Å². The van der Waals surface area contributed by atoms with Crippen molar-refractivity contribution in [2.75, 3.05) is 0 Å². The Morgan fingerprint density at radius 1 is 1.36 bits per heavy atom. The maximum absolute atomic E-state index is 10.9. The molecule has 1 aliphatic rings. The van der Waals surface area contributed by atoms with Crippen LogP contribution in [0.3, 0.4) is 0 Å². The van der Waals surface area contributed by atoms with Gasteiger partial charge in [0.25, 0.3) is 0 Å². The molecule has 1 aliphatic heterocycles. The summed E-state index contributed by atoms with van der Waals surface area (Å²) in [4.78, 5) is 10.9. The fourth-order valence-electron chi connectivity index (χ4n) is 1.13. The zero-order chi connectivity index (χ0) is 7.84. The van der Waals surface area contributed by atoms with Gasteiger partial charge in [0.15, 0.2) is 0 Å². The molecule has 4 heteroatoms. The normalized spacial score (nSPS) is 14.6. The van der Waals surface area contributed by atoms with Crippen LogP contribution in [-0.2, 0) is 4.65 Å². The van der Waals surface area contributed by atoms with Crippen LogP contribution in [0.25, 0.3) is 0 Å². The molecule has 0 atom stereocenters. The molecule has 0 amide bonds. The SMILES string of the molecule is O=C1OB(O)c2ccccc21. The molecule has 1 aromatic rings. The highest BCUT2D eigenvalue weighted by Crippen LogP contribution is 2.07. The molecule has 0 aliphatic carbocycles. The first kappa shape index (κ1) is 6.43. The Bertz CT molecular complexity index is 310. The molecule has 0 bridgehead atoms. The number of fused-ring (bicyclic) bond motifs is 1. The van der Waals surface area contributed by atoms with E-state index >= 15 is 0 Å². The summed E-state index contributed by atoms with van der Waals surface area (Å²) < 4.78 is 4.55. The lowest BCUT2D eigenvalue weighted by Crippen LogP contribution is -2.27. The van der Waals surface area contributed by atoms with Gasteiger partial charge in [-0.25, -0.2) is 4.79 Å². The molecule has 1 N–H and O–H groups in total. The van der Waals surface area contributed by atoms with Crippen molar-refractivity contribution in [2.24, 2.45) is 0 Å². The zero-order valence-corrected chi connectivity index (χ0v) is 5.65. The van der Waals surface area contributed by atoms with Crippen molar-refractivity contribution in [1.29, 1.82) is 0 Å². The summed E-state index contributed by atoms with van der Waals surface area (Å²) in [6, 6.07) is 6.79. The van der Waals surface area contributed by atoms with Crippen molar-refractivity contribution in [3.05, 3.63) is 29.8 Å². The van der Waals surface area contributed by atoms with E-state index in [4.69, 9.17) is 5.02 Å². The first-order valence-electron chi connectivity index (χ1n) is 3.27. The summed E-state index contributed by atoms with van der Waals surface area (Å²) in [7, 11) is -1.07. The molecule has 3 nitrogen and oxygen atoms in total.